The lowest BCUT2D eigenvalue weighted by Crippen LogP contribution is -2.07. The van der Waals surface area contributed by atoms with Crippen LogP contribution in [0, 0.1) is 0 Å². The van der Waals surface area contributed by atoms with E-state index in [1.54, 1.807) is 43.6 Å². The average Bonchev–Trinajstić information content (AvgIpc) is 3.67. The van der Waals surface area contributed by atoms with Crippen LogP contribution in [0.5, 0.6) is 11.5 Å². The number of anilines is 1. The minimum absolute atomic E-state index is 0.729. The number of methoxy groups -OCH3 is 2. The molecule has 184 valence electrons. The summed E-state index contributed by atoms with van der Waals surface area (Å²) in [6, 6.07) is 9.94. The van der Waals surface area contributed by atoms with Crippen molar-refractivity contribution in [3.05, 3.63) is 53.3 Å². The van der Waals surface area contributed by atoms with Gasteiger partial charge >= 0.3 is 0 Å². The second-order valence-corrected chi connectivity index (χ2v) is 10.4. The largest absolute Gasteiger partial charge is 0.493 e. The normalized spacial score (nSPS) is 12.9. The maximum Gasteiger partial charge on any atom is 0.189 e. The number of nitrogens with one attached hydrogen (secondary N) is 1. The van der Waals surface area contributed by atoms with E-state index in [2.05, 4.69) is 11.4 Å². The molecule has 6 rings (SSSR count). The van der Waals surface area contributed by atoms with E-state index < -0.39 is 0 Å². The Morgan fingerprint density at radius 3 is 2.69 bits per heavy atom. The lowest BCUT2D eigenvalue weighted by atomic mass is 10.0. The Morgan fingerprint density at radius 2 is 1.92 bits per heavy atom. The van der Waals surface area contributed by atoms with Crippen LogP contribution < -0.4 is 14.8 Å². The highest BCUT2D eigenvalue weighted by Crippen LogP contribution is 2.44. The minimum Gasteiger partial charge on any atom is -0.493 e. The van der Waals surface area contributed by atoms with Gasteiger partial charge in [0.2, 0.25) is 0 Å². The first kappa shape index (κ1) is 23.1. The van der Waals surface area contributed by atoms with E-state index in [4.69, 9.17) is 28.8 Å². The van der Waals surface area contributed by atoms with Crippen molar-refractivity contribution in [2.45, 2.75) is 30.8 Å². The van der Waals surface area contributed by atoms with Gasteiger partial charge in [-0.25, -0.2) is 15.0 Å². The third kappa shape index (κ3) is 3.96. The highest BCUT2D eigenvalue weighted by molar-refractivity contribution is 7.98. The second kappa shape index (κ2) is 9.63. The van der Waals surface area contributed by atoms with E-state index >= 15 is 0 Å². The van der Waals surface area contributed by atoms with Crippen molar-refractivity contribution < 1.29 is 13.9 Å². The number of ether oxygens (including phenoxy) is 2. The first-order chi connectivity index (χ1) is 17.7. The molecule has 0 saturated carbocycles. The highest BCUT2D eigenvalue weighted by atomic mass is 32.2. The number of rotatable bonds is 8. The molecule has 7 nitrogen and oxygen atoms in total. The van der Waals surface area contributed by atoms with E-state index in [1.807, 2.05) is 30.5 Å². The van der Waals surface area contributed by atoms with E-state index in [0.29, 0.717) is 0 Å². The molecule has 1 aromatic carbocycles. The van der Waals surface area contributed by atoms with E-state index in [0.717, 1.165) is 86.8 Å². The smallest absolute Gasteiger partial charge is 0.189 e. The molecule has 0 unspecified atom stereocenters. The highest BCUT2D eigenvalue weighted by Gasteiger charge is 2.26. The Hall–Kier alpha value is -3.30. The van der Waals surface area contributed by atoms with Crippen LogP contribution in [0.1, 0.15) is 23.1 Å². The number of hydrogen-bond acceptors (Lipinski definition) is 9. The molecule has 0 amide bonds. The van der Waals surface area contributed by atoms with Gasteiger partial charge in [0, 0.05) is 11.9 Å². The molecule has 1 N–H and O–H groups in total. The standard InChI is InChI=1S/C27H26N4O3S2/c1-32-18-10-9-15(14-20(18)33-2)11-12-28-25-24-23(30-27(31-25)35-3)21-16-6-4-7-17(16)22(29-26(21)36-24)19-8-5-13-34-19/h5,8-10,13-14H,4,6-7,11-12H2,1-3H3,(H,28,30,31). The SMILES string of the molecule is COc1ccc(CCNc2nc(SC)nc3c2sc2nc(-c4ccco4)c4c(c23)CCC4)cc1OC. The summed E-state index contributed by atoms with van der Waals surface area (Å²) < 4.78 is 17.6. The van der Waals surface area contributed by atoms with Gasteiger partial charge in [-0.3, -0.25) is 0 Å². The molecule has 0 aliphatic heterocycles. The molecule has 9 heteroatoms. The van der Waals surface area contributed by atoms with Crippen molar-refractivity contribution in [3.63, 3.8) is 0 Å². The van der Waals surface area contributed by atoms with Crippen LogP contribution in [0.3, 0.4) is 0 Å². The zero-order valence-electron chi connectivity index (χ0n) is 20.4. The fraction of sp³-hybridized carbons (Fsp3) is 0.296. The summed E-state index contributed by atoms with van der Waals surface area (Å²) >= 11 is 3.22. The number of pyridine rings is 1. The van der Waals surface area contributed by atoms with Gasteiger partial charge in [-0.2, -0.15) is 0 Å². The molecule has 0 fully saturated rings. The Balaban J connectivity index is 1.38. The molecule has 1 aliphatic carbocycles. The molecule has 36 heavy (non-hydrogen) atoms. The van der Waals surface area contributed by atoms with Crippen molar-refractivity contribution in [2.75, 3.05) is 32.3 Å². The number of hydrogen-bond donors (Lipinski definition) is 1. The van der Waals surface area contributed by atoms with Crippen molar-refractivity contribution >= 4 is 49.3 Å². The summed E-state index contributed by atoms with van der Waals surface area (Å²) in [4.78, 5) is 15.9. The zero-order chi connectivity index (χ0) is 24.6. The molecular weight excluding hydrogens is 492 g/mol. The van der Waals surface area contributed by atoms with Crippen LogP contribution in [0.4, 0.5) is 5.82 Å². The Bertz CT molecular complexity index is 1560. The summed E-state index contributed by atoms with van der Waals surface area (Å²) in [5.41, 5.74) is 5.78. The molecule has 5 aromatic rings. The van der Waals surface area contributed by atoms with Crippen molar-refractivity contribution in [1.29, 1.82) is 0 Å². The number of aromatic nitrogens is 3. The molecule has 0 bridgehead atoms. The van der Waals surface area contributed by atoms with Crippen LogP contribution in [-0.4, -0.2) is 42.0 Å². The lowest BCUT2D eigenvalue weighted by molar-refractivity contribution is 0.354. The van der Waals surface area contributed by atoms with Gasteiger partial charge < -0.3 is 19.2 Å². The minimum atomic E-state index is 0.729. The summed E-state index contributed by atoms with van der Waals surface area (Å²) in [7, 11) is 3.31. The van der Waals surface area contributed by atoms with Gasteiger partial charge in [0.05, 0.1) is 30.7 Å². The number of furan rings is 1. The molecule has 4 heterocycles. The van der Waals surface area contributed by atoms with Gasteiger partial charge in [0.25, 0.3) is 0 Å². The number of aryl methyl sites for hydroxylation is 1. The van der Waals surface area contributed by atoms with Gasteiger partial charge in [0.1, 0.15) is 16.3 Å². The fourth-order valence-corrected chi connectivity index (χ4v) is 6.41. The monoisotopic (exact) mass is 518 g/mol. The topological polar surface area (TPSA) is 82.3 Å². The third-order valence-electron chi connectivity index (χ3n) is 6.60. The summed E-state index contributed by atoms with van der Waals surface area (Å²) in [6.45, 7) is 0.729. The average molecular weight is 519 g/mol. The van der Waals surface area contributed by atoms with E-state index in [9.17, 15) is 0 Å². The number of benzene rings is 1. The molecule has 4 aromatic heterocycles. The lowest BCUT2D eigenvalue weighted by Gasteiger charge is -2.11. The molecule has 0 saturated heterocycles. The quantitative estimate of drug-likeness (QED) is 0.187. The van der Waals surface area contributed by atoms with Crippen molar-refractivity contribution in [2.24, 2.45) is 0 Å². The molecular formula is C27H26N4O3S2. The van der Waals surface area contributed by atoms with Crippen LogP contribution in [0.2, 0.25) is 0 Å². The maximum absolute atomic E-state index is 5.74. The fourth-order valence-electron chi connectivity index (χ4n) is 4.94. The molecule has 0 spiro atoms. The third-order valence-corrected chi connectivity index (χ3v) is 8.23. The van der Waals surface area contributed by atoms with Crippen LogP contribution >= 0.6 is 23.1 Å². The number of nitrogens with zero attached hydrogens (tertiary/aromatic N) is 3. The maximum atomic E-state index is 5.74. The summed E-state index contributed by atoms with van der Waals surface area (Å²) in [5, 5.41) is 5.52. The number of fused-ring (bicyclic) bond motifs is 5. The van der Waals surface area contributed by atoms with E-state index in [1.165, 1.54) is 16.5 Å². The Kier molecular flexibility index (Phi) is 6.18. The van der Waals surface area contributed by atoms with Crippen LogP contribution in [0.15, 0.2) is 46.2 Å². The second-order valence-electron chi connectivity index (χ2n) is 8.63. The van der Waals surface area contributed by atoms with Crippen molar-refractivity contribution in [3.8, 4) is 23.0 Å². The van der Waals surface area contributed by atoms with Crippen molar-refractivity contribution in [1.82, 2.24) is 15.0 Å². The molecule has 0 atom stereocenters. The zero-order valence-corrected chi connectivity index (χ0v) is 22.0. The first-order valence-electron chi connectivity index (χ1n) is 11.9. The number of thioether (sulfide) groups is 1. The molecule has 1 aliphatic rings. The summed E-state index contributed by atoms with van der Waals surface area (Å²) in [6.07, 6.45) is 7.72. The summed E-state index contributed by atoms with van der Waals surface area (Å²) in [5.74, 6) is 3.16. The predicted octanol–water partition coefficient (Wildman–Crippen LogP) is 6.38. The number of thiophene rings is 1. The van der Waals surface area contributed by atoms with Gasteiger partial charge in [0.15, 0.2) is 22.4 Å². The molecule has 0 radical (unpaired) electrons. The van der Waals surface area contributed by atoms with Gasteiger partial charge in [-0.1, -0.05) is 17.8 Å². The van der Waals surface area contributed by atoms with Crippen LogP contribution in [0.25, 0.3) is 31.9 Å². The first-order valence-corrected chi connectivity index (χ1v) is 13.9. The van der Waals surface area contributed by atoms with Crippen LogP contribution in [-0.2, 0) is 19.3 Å². The predicted molar refractivity (Wildman–Crippen MR) is 146 cm³/mol. The van der Waals surface area contributed by atoms with E-state index in [-0.39, 0.29) is 0 Å². The Morgan fingerprint density at radius 1 is 1.06 bits per heavy atom. The Labute approximate surface area is 217 Å². The van der Waals surface area contributed by atoms with Gasteiger partial charge in [-0.15, -0.1) is 11.3 Å². The van der Waals surface area contributed by atoms with Gasteiger partial charge in [-0.05, 0) is 72.9 Å².